The van der Waals surface area contributed by atoms with E-state index in [4.69, 9.17) is 14.2 Å². The number of ether oxygens (including phenoxy) is 3. The van der Waals surface area contributed by atoms with Crippen molar-refractivity contribution in [2.45, 2.75) is 51.9 Å². The van der Waals surface area contributed by atoms with Gasteiger partial charge < -0.3 is 29.7 Å². The highest BCUT2D eigenvalue weighted by atomic mass is 16.6. The Morgan fingerprint density at radius 3 is 1.94 bits per heavy atom. The van der Waals surface area contributed by atoms with Gasteiger partial charge in [0, 0.05) is 6.54 Å². The molecule has 2 unspecified atom stereocenters. The van der Waals surface area contributed by atoms with Crippen molar-refractivity contribution in [3.8, 4) is 11.5 Å². The first-order chi connectivity index (χ1) is 25.4. The molecule has 3 amide bonds. The van der Waals surface area contributed by atoms with E-state index in [-0.39, 0.29) is 18.0 Å². The zero-order valence-electron chi connectivity index (χ0n) is 30.4. The van der Waals surface area contributed by atoms with Crippen LogP contribution in [0, 0.1) is 6.92 Å². The van der Waals surface area contributed by atoms with Crippen LogP contribution >= 0.6 is 0 Å². The van der Waals surface area contributed by atoms with Gasteiger partial charge in [-0.05, 0) is 80.8 Å². The Morgan fingerprint density at radius 2 is 1.32 bits per heavy atom. The summed E-state index contributed by atoms with van der Waals surface area (Å²) >= 11 is 0. The molecule has 5 rings (SSSR count). The molecule has 53 heavy (non-hydrogen) atoms. The number of rotatable bonds is 12. The maximum Gasteiger partial charge on any atom is 0.408 e. The zero-order valence-corrected chi connectivity index (χ0v) is 30.4. The van der Waals surface area contributed by atoms with E-state index >= 15 is 4.79 Å². The lowest BCUT2D eigenvalue weighted by atomic mass is 9.99. The molecular formula is C43H43N3O7. The summed E-state index contributed by atoms with van der Waals surface area (Å²) in [5, 5.41) is 5.68. The lowest BCUT2D eigenvalue weighted by Gasteiger charge is -2.35. The summed E-state index contributed by atoms with van der Waals surface area (Å²) in [4.78, 5) is 57.5. The summed E-state index contributed by atoms with van der Waals surface area (Å²) in [6, 6.07) is 35.9. The SMILES string of the molecule is COc1ccc(C(C(=O)Nc2ccccc2OC(=O)c2ccc(C)cc2)N(Cc2ccccc2)C(=O)C(NC(=O)OC(C)(C)C)c2ccccc2)cc1. The van der Waals surface area contributed by atoms with Crippen LogP contribution in [0.2, 0.25) is 0 Å². The summed E-state index contributed by atoms with van der Waals surface area (Å²) in [7, 11) is 1.53. The van der Waals surface area contributed by atoms with Crippen molar-refractivity contribution in [1.29, 1.82) is 0 Å². The van der Waals surface area contributed by atoms with Gasteiger partial charge >= 0.3 is 12.1 Å². The summed E-state index contributed by atoms with van der Waals surface area (Å²) in [6.07, 6.45) is -0.797. The van der Waals surface area contributed by atoms with Gasteiger partial charge in [0.15, 0.2) is 5.75 Å². The van der Waals surface area contributed by atoms with Gasteiger partial charge in [0.25, 0.3) is 11.8 Å². The lowest BCUT2D eigenvalue weighted by molar-refractivity contribution is -0.141. The smallest absolute Gasteiger partial charge is 0.408 e. The number of aryl methyl sites for hydroxylation is 1. The molecule has 0 fully saturated rings. The van der Waals surface area contributed by atoms with Gasteiger partial charge in [-0.25, -0.2) is 9.59 Å². The number of nitrogens with zero attached hydrogens (tertiary/aromatic N) is 1. The number of nitrogens with one attached hydrogen (secondary N) is 2. The van der Waals surface area contributed by atoms with Crippen LogP contribution in [0.3, 0.4) is 0 Å². The molecule has 10 nitrogen and oxygen atoms in total. The van der Waals surface area contributed by atoms with Gasteiger partial charge in [-0.1, -0.05) is 103 Å². The molecule has 0 radical (unpaired) electrons. The van der Waals surface area contributed by atoms with Crippen molar-refractivity contribution in [1.82, 2.24) is 10.2 Å². The van der Waals surface area contributed by atoms with E-state index in [1.807, 2.05) is 49.4 Å². The summed E-state index contributed by atoms with van der Waals surface area (Å²) in [5.74, 6) is -1.09. The minimum absolute atomic E-state index is 0.00677. The topological polar surface area (TPSA) is 123 Å². The van der Waals surface area contributed by atoms with Crippen molar-refractivity contribution in [2.24, 2.45) is 0 Å². The van der Waals surface area contributed by atoms with E-state index in [2.05, 4.69) is 10.6 Å². The average molecular weight is 714 g/mol. The number of methoxy groups -OCH3 is 1. The molecule has 0 aliphatic heterocycles. The quantitative estimate of drug-likeness (QED) is 0.0987. The second-order valence-electron chi connectivity index (χ2n) is 13.4. The molecule has 0 heterocycles. The minimum Gasteiger partial charge on any atom is -0.497 e. The van der Waals surface area contributed by atoms with Gasteiger partial charge in [0.1, 0.15) is 23.4 Å². The van der Waals surface area contributed by atoms with Crippen molar-refractivity contribution in [2.75, 3.05) is 12.4 Å². The monoisotopic (exact) mass is 713 g/mol. The molecule has 0 aromatic heterocycles. The summed E-state index contributed by atoms with van der Waals surface area (Å²) < 4.78 is 16.7. The first-order valence-corrected chi connectivity index (χ1v) is 17.1. The highest BCUT2D eigenvalue weighted by molar-refractivity contribution is 6.01. The molecule has 10 heteroatoms. The average Bonchev–Trinajstić information content (AvgIpc) is 3.14. The molecular weight excluding hydrogens is 670 g/mol. The van der Waals surface area contributed by atoms with Crippen LogP contribution in [0.4, 0.5) is 10.5 Å². The standard InChI is InChI=1S/C43H43N3O7/c1-29-20-22-33(23-21-29)41(49)52-36-19-13-12-18-35(36)44-39(47)38(32-24-26-34(51-5)27-25-32)46(28-30-14-8-6-9-15-30)40(48)37(31-16-10-7-11-17-31)45-42(50)53-43(2,3)4/h6-27,37-38H,28H2,1-5H3,(H,44,47)(H,45,50). The summed E-state index contributed by atoms with van der Waals surface area (Å²) in [6.45, 7) is 7.10. The predicted octanol–water partition coefficient (Wildman–Crippen LogP) is 8.20. The second-order valence-corrected chi connectivity index (χ2v) is 13.4. The molecule has 5 aromatic carbocycles. The van der Waals surface area contributed by atoms with E-state index in [9.17, 15) is 14.4 Å². The maximum atomic E-state index is 15.0. The molecule has 0 spiro atoms. The molecule has 0 saturated carbocycles. The number of amides is 3. The van der Waals surface area contributed by atoms with Crippen LogP contribution in [0.25, 0.3) is 0 Å². The Hall–Kier alpha value is -6.42. The third-order valence-electron chi connectivity index (χ3n) is 8.15. The third-order valence-corrected chi connectivity index (χ3v) is 8.15. The van der Waals surface area contributed by atoms with Gasteiger partial charge in [0.05, 0.1) is 18.4 Å². The number of anilines is 1. The number of benzene rings is 5. The maximum absolute atomic E-state index is 15.0. The minimum atomic E-state index is -1.25. The van der Waals surface area contributed by atoms with Crippen LogP contribution in [0.5, 0.6) is 11.5 Å². The molecule has 5 aromatic rings. The highest BCUT2D eigenvalue weighted by Gasteiger charge is 2.37. The number of alkyl carbamates (subject to hydrolysis) is 1. The van der Waals surface area contributed by atoms with Crippen LogP contribution in [0.1, 0.15) is 65.5 Å². The van der Waals surface area contributed by atoms with E-state index in [1.165, 1.54) is 12.0 Å². The highest BCUT2D eigenvalue weighted by Crippen LogP contribution is 2.32. The lowest BCUT2D eigenvalue weighted by Crippen LogP contribution is -2.48. The second kappa shape index (κ2) is 17.2. The molecule has 2 N–H and O–H groups in total. The molecule has 2 atom stereocenters. The van der Waals surface area contributed by atoms with Crippen molar-refractivity contribution in [3.05, 3.63) is 161 Å². The molecule has 0 bridgehead atoms. The van der Waals surface area contributed by atoms with Crippen LogP contribution in [0.15, 0.2) is 133 Å². The molecule has 0 aliphatic rings. The van der Waals surface area contributed by atoms with E-state index < -0.39 is 41.6 Å². The normalized spacial score (nSPS) is 12.1. The van der Waals surface area contributed by atoms with E-state index in [0.29, 0.717) is 22.4 Å². The zero-order chi connectivity index (χ0) is 38.0. The van der Waals surface area contributed by atoms with Crippen molar-refractivity contribution in [3.63, 3.8) is 0 Å². The number of hydrogen-bond acceptors (Lipinski definition) is 7. The van der Waals surface area contributed by atoms with Crippen molar-refractivity contribution >= 4 is 29.6 Å². The number of esters is 1. The van der Waals surface area contributed by atoms with Gasteiger partial charge in [-0.2, -0.15) is 0 Å². The predicted molar refractivity (Wildman–Crippen MR) is 202 cm³/mol. The fraction of sp³-hybridized carbons (Fsp3) is 0.209. The number of hydrogen-bond donors (Lipinski definition) is 2. The van der Waals surface area contributed by atoms with Crippen LogP contribution in [-0.4, -0.2) is 41.5 Å². The Bertz CT molecular complexity index is 2010. The van der Waals surface area contributed by atoms with Crippen molar-refractivity contribution < 1.29 is 33.4 Å². The van der Waals surface area contributed by atoms with Gasteiger partial charge in [0.2, 0.25) is 0 Å². The number of para-hydroxylation sites is 2. The van der Waals surface area contributed by atoms with E-state index in [1.54, 1.807) is 112 Å². The first kappa shape index (κ1) is 37.8. The summed E-state index contributed by atoms with van der Waals surface area (Å²) in [5.41, 5.74) is 2.41. The van der Waals surface area contributed by atoms with E-state index in [0.717, 1.165) is 11.1 Å². The van der Waals surface area contributed by atoms with Crippen LogP contribution in [-0.2, 0) is 20.9 Å². The molecule has 272 valence electrons. The number of carbonyl (C=O) groups is 4. The van der Waals surface area contributed by atoms with Gasteiger partial charge in [-0.3, -0.25) is 9.59 Å². The Balaban J connectivity index is 1.58. The third kappa shape index (κ3) is 10.3. The Labute approximate surface area is 309 Å². The fourth-order valence-electron chi connectivity index (χ4n) is 5.57. The Morgan fingerprint density at radius 1 is 0.717 bits per heavy atom. The molecule has 0 aliphatic carbocycles. The van der Waals surface area contributed by atoms with Gasteiger partial charge in [-0.15, -0.1) is 0 Å². The first-order valence-electron chi connectivity index (χ1n) is 17.1. The Kier molecular flexibility index (Phi) is 12.3. The fourth-order valence-corrected chi connectivity index (χ4v) is 5.57. The molecule has 0 saturated heterocycles. The largest absolute Gasteiger partial charge is 0.497 e. The number of carbonyl (C=O) groups excluding carboxylic acids is 4. The van der Waals surface area contributed by atoms with Crippen LogP contribution < -0.4 is 20.1 Å².